The summed E-state index contributed by atoms with van der Waals surface area (Å²) in [6.07, 6.45) is 3.23. The second kappa shape index (κ2) is 5.09. The molecule has 0 aromatic heterocycles. The minimum absolute atomic E-state index is 0.361. The smallest absolute Gasteiger partial charge is 0.140 e. The molecule has 0 unspecified atom stereocenters. The molecule has 0 bridgehead atoms. The maximum absolute atomic E-state index is 8.62. The lowest BCUT2D eigenvalue weighted by Crippen LogP contribution is -1.84. The van der Waals surface area contributed by atoms with Crippen LogP contribution in [-0.2, 0) is 0 Å². The third-order valence-electron chi connectivity index (χ3n) is 1.09. The molecule has 0 spiro atoms. The molecule has 0 atom stereocenters. The van der Waals surface area contributed by atoms with E-state index in [0.29, 0.717) is 5.70 Å². The Morgan fingerprint density at radius 2 is 2.08 bits per heavy atom. The highest BCUT2D eigenvalue weighted by Crippen LogP contribution is 2.01. The standard InChI is InChI=1S/C10H12N2/c1-5-9(4)12-10(7-11)6-8(2)3/h5-6H,1-2H2,3-4H3/b10-6-,12-9-. The zero-order chi connectivity index (χ0) is 9.56. The summed E-state index contributed by atoms with van der Waals surface area (Å²) < 4.78 is 0. The van der Waals surface area contributed by atoms with Gasteiger partial charge in [-0.25, -0.2) is 4.99 Å². The first kappa shape index (κ1) is 10.4. The molecule has 0 radical (unpaired) electrons. The molecule has 0 aliphatic heterocycles. The largest absolute Gasteiger partial charge is 0.242 e. The van der Waals surface area contributed by atoms with Gasteiger partial charge in [0, 0.05) is 5.71 Å². The summed E-state index contributed by atoms with van der Waals surface area (Å²) in [7, 11) is 0. The molecule has 2 nitrogen and oxygen atoms in total. The molecule has 2 heteroatoms. The summed E-state index contributed by atoms with van der Waals surface area (Å²) in [6, 6.07) is 1.96. The van der Waals surface area contributed by atoms with E-state index in [-0.39, 0.29) is 0 Å². The van der Waals surface area contributed by atoms with Crippen molar-refractivity contribution in [2.75, 3.05) is 0 Å². The number of nitrogens with zero attached hydrogens (tertiary/aromatic N) is 2. The lowest BCUT2D eigenvalue weighted by atomic mass is 10.3. The number of allylic oxidation sites excluding steroid dienone is 4. The van der Waals surface area contributed by atoms with E-state index in [2.05, 4.69) is 18.2 Å². The average molecular weight is 160 g/mol. The normalized spacial score (nSPS) is 12.1. The Labute approximate surface area is 73.2 Å². The van der Waals surface area contributed by atoms with Crippen molar-refractivity contribution in [2.24, 2.45) is 4.99 Å². The van der Waals surface area contributed by atoms with Crippen molar-refractivity contribution in [1.82, 2.24) is 0 Å². The van der Waals surface area contributed by atoms with Crippen LogP contribution in [-0.4, -0.2) is 5.71 Å². The first-order valence-corrected chi connectivity index (χ1v) is 3.55. The third kappa shape index (κ3) is 4.24. The minimum atomic E-state index is 0.361. The molecule has 0 heterocycles. The highest BCUT2D eigenvalue weighted by molar-refractivity contribution is 5.93. The van der Waals surface area contributed by atoms with Crippen LogP contribution < -0.4 is 0 Å². The van der Waals surface area contributed by atoms with Crippen molar-refractivity contribution in [1.29, 1.82) is 5.26 Å². The van der Waals surface area contributed by atoms with Gasteiger partial charge in [-0.05, 0) is 26.0 Å². The van der Waals surface area contributed by atoms with Crippen molar-refractivity contribution in [3.05, 3.63) is 36.6 Å². The van der Waals surface area contributed by atoms with Gasteiger partial charge in [-0.1, -0.05) is 18.7 Å². The molecule has 0 saturated heterocycles. The van der Waals surface area contributed by atoms with Crippen molar-refractivity contribution in [3.8, 4) is 6.07 Å². The van der Waals surface area contributed by atoms with Gasteiger partial charge in [-0.3, -0.25) is 0 Å². The van der Waals surface area contributed by atoms with E-state index in [1.807, 2.05) is 13.0 Å². The van der Waals surface area contributed by atoms with Crippen molar-refractivity contribution in [3.63, 3.8) is 0 Å². The molecular formula is C10H12N2. The molecule has 0 aromatic carbocycles. The summed E-state index contributed by atoms with van der Waals surface area (Å²) in [5.41, 5.74) is 1.90. The second-order valence-electron chi connectivity index (χ2n) is 2.45. The van der Waals surface area contributed by atoms with Gasteiger partial charge in [0.05, 0.1) is 0 Å². The van der Waals surface area contributed by atoms with Gasteiger partial charge < -0.3 is 0 Å². The van der Waals surface area contributed by atoms with Gasteiger partial charge in [0.25, 0.3) is 0 Å². The predicted molar refractivity (Wildman–Crippen MR) is 51.8 cm³/mol. The first-order chi connectivity index (χ1) is 5.60. The number of nitriles is 1. The molecule has 0 fully saturated rings. The molecule has 0 N–H and O–H groups in total. The third-order valence-corrected chi connectivity index (χ3v) is 1.09. The fraction of sp³-hybridized carbons (Fsp3) is 0.200. The Hall–Kier alpha value is -1.62. The lowest BCUT2D eigenvalue weighted by molar-refractivity contribution is 1.35. The van der Waals surface area contributed by atoms with E-state index in [9.17, 15) is 0 Å². The van der Waals surface area contributed by atoms with Crippen LogP contribution in [0, 0.1) is 11.3 Å². The number of hydrogen-bond acceptors (Lipinski definition) is 2. The van der Waals surface area contributed by atoms with Gasteiger partial charge in [0.2, 0.25) is 0 Å². The zero-order valence-electron chi connectivity index (χ0n) is 7.46. The van der Waals surface area contributed by atoms with E-state index >= 15 is 0 Å². The second-order valence-corrected chi connectivity index (χ2v) is 2.45. The number of hydrogen-bond donors (Lipinski definition) is 0. The van der Waals surface area contributed by atoms with Crippen LogP contribution in [0.5, 0.6) is 0 Å². The molecule has 0 saturated carbocycles. The van der Waals surface area contributed by atoms with Crippen molar-refractivity contribution < 1.29 is 0 Å². The molecule has 62 valence electrons. The maximum Gasteiger partial charge on any atom is 0.140 e. The van der Waals surface area contributed by atoms with Crippen molar-refractivity contribution in [2.45, 2.75) is 13.8 Å². The zero-order valence-corrected chi connectivity index (χ0v) is 7.46. The van der Waals surface area contributed by atoms with Crippen LogP contribution in [0.1, 0.15) is 13.8 Å². The highest BCUT2D eigenvalue weighted by Gasteiger charge is 1.90. The number of rotatable bonds is 3. The monoisotopic (exact) mass is 160 g/mol. The quantitative estimate of drug-likeness (QED) is 0.355. The van der Waals surface area contributed by atoms with Gasteiger partial charge in [0.15, 0.2) is 0 Å². The van der Waals surface area contributed by atoms with Crippen molar-refractivity contribution >= 4 is 5.71 Å². The Morgan fingerprint density at radius 1 is 1.50 bits per heavy atom. The fourth-order valence-corrected chi connectivity index (χ4v) is 0.559. The van der Waals surface area contributed by atoms with E-state index in [4.69, 9.17) is 5.26 Å². The van der Waals surface area contributed by atoms with Crippen LogP contribution in [0.25, 0.3) is 0 Å². The Bertz CT molecular complexity index is 287. The van der Waals surface area contributed by atoms with E-state index < -0.39 is 0 Å². The molecule has 0 amide bonds. The van der Waals surface area contributed by atoms with Gasteiger partial charge in [0.1, 0.15) is 11.8 Å². The topological polar surface area (TPSA) is 36.1 Å². The van der Waals surface area contributed by atoms with Crippen LogP contribution in [0.15, 0.2) is 41.6 Å². The fourth-order valence-electron chi connectivity index (χ4n) is 0.559. The average Bonchev–Trinajstić information content (AvgIpc) is 2.02. The minimum Gasteiger partial charge on any atom is -0.242 e. The SMILES string of the molecule is C=C/C(C)=N\C(C#N)=C/C(=C)C. The summed E-state index contributed by atoms with van der Waals surface area (Å²) in [5, 5.41) is 8.62. The maximum atomic E-state index is 8.62. The van der Waals surface area contributed by atoms with Gasteiger partial charge >= 0.3 is 0 Å². The van der Waals surface area contributed by atoms with Gasteiger partial charge in [-0.15, -0.1) is 0 Å². The van der Waals surface area contributed by atoms with E-state index in [1.54, 1.807) is 19.1 Å². The molecule has 12 heavy (non-hydrogen) atoms. The molecule has 0 aliphatic carbocycles. The Morgan fingerprint density at radius 3 is 2.42 bits per heavy atom. The molecule has 0 rings (SSSR count). The highest BCUT2D eigenvalue weighted by atomic mass is 14.7. The lowest BCUT2D eigenvalue weighted by Gasteiger charge is -1.91. The first-order valence-electron chi connectivity index (χ1n) is 3.55. The Balaban J connectivity index is 4.73. The number of aliphatic imine (C=N–C) groups is 1. The summed E-state index contributed by atoms with van der Waals surface area (Å²) >= 11 is 0. The van der Waals surface area contributed by atoms with Crippen LogP contribution in [0.4, 0.5) is 0 Å². The van der Waals surface area contributed by atoms with Crippen LogP contribution in [0.2, 0.25) is 0 Å². The van der Waals surface area contributed by atoms with Gasteiger partial charge in [-0.2, -0.15) is 5.26 Å². The molecule has 0 aromatic rings. The van der Waals surface area contributed by atoms with Crippen LogP contribution >= 0.6 is 0 Å². The Kier molecular flexibility index (Phi) is 4.40. The molecule has 0 aliphatic rings. The summed E-state index contributed by atoms with van der Waals surface area (Å²) in [5.74, 6) is 0. The van der Waals surface area contributed by atoms with E-state index in [0.717, 1.165) is 11.3 Å². The van der Waals surface area contributed by atoms with Crippen LogP contribution in [0.3, 0.4) is 0 Å². The van der Waals surface area contributed by atoms with E-state index in [1.165, 1.54) is 0 Å². The predicted octanol–water partition coefficient (Wildman–Crippen LogP) is 2.62. The summed E-state index contributed by atoms with van der Waals surface area (Å²) in [6.45, 7) is 10.8. The molecular weight excluding hydrogens is 148 g/mol. The summed E-state index contributed by atoms with van der Waals surface area (Å²) in [4.78, 5) is 3.99.